The van der Waals surface area contributed by atoms with E-state index in [4.69, 9.17) is 26.8 Å². The SMILES string of the molecule is COC[C@H]1COCCN1c1cc(N)cc(Cl)c1. The molecule has 1 aliphatic rings. The standard InChI is InChI=1S/C12H17ClN2O2/c1-16-7-12-8-17-3-2-15(12)11-5-9(13)4-10(14)6-11/h4-6,12H,2-3,7-8,14H2,1H3/t12-/m0/s1. The molecule has 1 aliphatic heterocycles. The van der Waals surface area contributed by atoms with Crippen LogP contribution in [0.1, 0.15) is 0 Å². The first-order valence-electron chi connectivity index (χ1n) is 5.60. The lowest BCUT2D eigenvalue weighted by Crippen LogP contribution is -2.48. The summed E-state index contributed by atoms with van der Waals surface area (Å²) in [4.78, 5) is 2.23. The third-order valence-corrected chi connectivity index (χ3v) is 3.04. The number of nitrogens with zero attached hydrogens (tertiary/aromatic N) is 1. The number of nitrogen functional groups attached to an aromatic ring is 1. The van der Waals surface area contributed by atoms with Gasteiger partial charge in [0.15, 0.2) is 0 Å². The number of rotatable bonds is 3. The van der Waals surface area contributed by atoms with Gasteiger partial charge in [-0.2, -0.15) is 0 Å². The Labute approximate surface area is 106 Å². The third-order valence-electron chi connectivity index (χ3n) is 2.82. The quantitative estimate of drug-likeness (QED) is 0.838. The monoisotopic (exact) mass is 256 g/mol. The molecule has 0 saturated carbocycles. The highest BCUT2D eigenvalue weighted by Crippen LogP contribution is 2.26. The van der Waals surface area contributed by atoms with Crippen LogP contribution in [0.3, 0.4) is 0 Å². The Morgan fingerprint density at radius 1 is 1.53 bits per heavy atom. The molecule has 1 atom stereocenters. The summed E-state index contributed by atoms with van der Waals surface area (Å²) in [5.74, 6) is 0. The molecule has 0 amide bonds. The number of nitrogens with two attached hydrogens (primary N) is 1. The number of halogens is 1. The van der Waals surface area contributed by atoms with Crippen LogP contribution in [0.5, 0.6) is 0 Å². The van der Waals surface area contributed by atoms with Crippen LogP contribution in [0, 0.1) is 0 Å². The maximum absolute atomic E-state index is 6.02. The molecule has 1 heterocycles. The molecule has 1 aromatic carbocycles. The molecule has 17 heavy (non-hydrogen) atoms. The summed E-state index contributed by atoms with van der Waals surface area (Å²) in [7, 11) is 1.69. The fourth-order valence-electron chi connectivity index (χ4n) is 2.09. The Bertz CT molecular complexity index is 365. The van der Waals surface area contributed by atoms with Gasteiger partial charge in [0.2, 0.25) is 0 Å². The molecule has 0 aromatic heterocycles. The van der Waals surface area contributed by atoms with Gasteiger partial charge in [-0.25, -0.2) is 0 Å². The lowest BCUT2D eigenvalue weighted by molar-refractivity contribution is 0.0602. The highest BCUT2D eigenvalue weighted by molar-refractivity contribution is 6.31. The van der Waals surface area contributed by atoms with Crippen molar-refractivity contribution in [3.8, 4) is 0 Å². The van der Waals surface area contributed by atoms with Gasteiger partial charge in [-0.1, -0.05) is 11.6 Å². The van der Waals surface area contributed by atoms with E-state index in [0.717, 1.165) is 12.2 Å². The molecule has 2 N–H and O–H groups in total. The van der Waals surface area contributed by atoms with Crippen molar-refractivity contribution < 1.29 is 9.47 Å². The normalized spacial score (nSPS) is 20.6. The van der Waals surface area contributed by atoms with Crippen LogP contribution in [0.2, 0.25) is 5.02 Å². The molecule has 0 bridgehead atoms. The van der Waals surface area contributed by atoms with E-state index in [1.165, 1.54) is 0 Å². The summed E-state index contributed by atoms with van der Waals surface area (Å²) in [5, 5.41) is 0.655. The maximum Gasteiger partial charge on any atom is 0.0758 e. The van der Waals surface area contributed by atoms with E-state index in [9.17, 15) is 0 Å². The van der Waals surface area contributed by atoms with Gasteiger partial charge in [-0.05, 0) is 18.2 Å². The van der Waals surface area contributed by atoms with Crippen LogP contribution in [-0.4, -0.2) is 39.5 Å². The number of hydrogen-bond acceptors (Lipinski definition) is 4. The van der Waals surface area contributed by atoms with Gasteiger partial charge < -0.3 is 20.1 Å². The van der Waals surface area contributed by atoms with Gasteiger partial charge in [-0.15, -0.1) is 0 Å². The molecule has 2 rings (SSSR count). The second kappa shape index (κ2) is 5.58. The zero-order chi connectivity index (χ0) is 12.3. The topological polar surface area (TPSA) is 47.7 Å². The first-order valence-corrected chi connectivity index (χ1v) is 5.98. The summed E-state index contributed by atoms with van der Waals surface area (Å²) in [5.41, 5.74) is 7.52. The van der Waals surface area contributed by atoms with E-state index in [1.807, 2.05) is 12.1 Å². The molecular weight excluding hydrogens is 240 g/mol. The van der Waals surface area contributed by atoms with Gasteiger partial charge in [0.1, 0.15) is 0 Å². The van der Waals surface area contributed by atoms with Crippen LogP contribution < -0.4 is 10.6 Å². The third kappa shape index (κ3) is 3.03. The minimum Gasteiger partial charge on any atom is -0.399 e. The van der Waals surface area contributed by atoms with E-state index in [0.29, 0.717) is 30.5 Å². The number of hydrogen-bond donors (Lipinski definition) is 1. The lowest BCUT2D eigenvalue weighted by Gasteiger charge is -2.37. The van der Waals surface area contributed by atoms with Gasteiger partial charge in [0, 0.05) is 30.1 Å². The number of benzene rings is 1. The van der Waals surface area contributed by atoms with Crippen molar-refractivity contribution in [3.05, 3.63) is 23.2 Å². The fourth-order valence-corrected chi connectivity index (χ4v) is 2.33. The summed E-state index contributed by atoms with van der Waals surface area (Å²) in [6.45, 7) is 2.84. The Hall–Kier alpha value is -0.970. The van der Waals surface area contributed by atoms with Crippen molar-refractivity contribution in [2.75, 3.05) is 44.1 Å². The van der Waals surface area contributed by atoms with Crippen molar-refractivity contribution in [2.45, 2.75) is 6.04 Å². The molecular formula is C12H17ClN2O2. The van der Waals surface area contributed by atoms with E-state index in [1.54, 1.807) is 13.2 Å². The van der Waals surface area contributed by atoms with Crippen LogP contribution in [0.25, 0.3) is 0 Å². The molecule has 0 aliphatic carbocycles. The number of ether oxygens (including phenoxy) is 2. The van der Waals surface area contributed by atoms with Crippen molar-refractivity contribution in [1.29, 1.82) is 0 Å². The minimum absolute atomic E-state index is 0.214. The van der Waals surface area contributed by atoms with Gasteiger partial charge >= 0.3 is 0 Å². The lowest BCUT2D eigenvalue weighted by atomic mass is 10.2. The molecule has 1 aromatic rings. The molecule has 1 saturated heterocycles. The zero-order valence-corrected chi connectivity index (χ0v) is 10.6. The summed E-state index contributed by atoms with van der Waals surface area (Å²) >= 11 is 6.02. The average Bonchev–Trinajstić information content (AvgIpc) is 2.29. The number of methoxy groups -OCH3 is 1. The molecule has 94 valence electrons. The molecule has 0 radical (unpaired) electrons. The fraction of sp³-hybridized carbons (Fsp3) is 0.500. The average molecular weight is 257 g/mol. The second-order valence-corrected chi connectivity index (χ2v) is 4.56. The van der Waals surface area contributed by atoms with Gasteiger partial charge in [0.05, 0.1) is 25.9 Å². The minimum atomic E-state index is 0.214. The molecule has 0 unspecified atom stereocenters. The molecule has 5 heteroatoms. The van der Waals surface area contributed by atoms with Crippen molar-refractivity contribution in [1.82, 2.24) is 0 Å². The first-order chi connectivity index (χ1) is 8.20. The van der Waals surface area contributed by atoms with Crippen molar-refractivity contribution in [3.63, 3.8) is 0 Å². The Kier molecular flexibility index (Phi) is 4.10. The highest BCUT2D eigenvalue weighted by atomic mass is 35.5. The number of morpholine rings is 1. The van der Waals surface area contributed by atoms with Crippen LogP contribution in [0.4, 0.5) is 11.4 Å². The van der Waals surface area contributed by atoms with Crippen molar-refractivity contribution in [2.24, 2.45) is 0 Å². The Morgan fingerprint density at radius 2 is 2.35 bits per heavy atom. The predicted octanol–water partition coefficient (Wildman–Crippen LogP) is 1.77. The largest absolute Gasteiger partial charge is 0.399 e. The highest BCUT2D eigenvalue weighted by Gasteiger charge is 2.23. The summed E-state index contributed by atoms with van der Waals surface area (Å²) < 4.78 is 10.7. The van der Waals surface area contributed by atoms with Gasteiger partial charge in [0.25, 0.3) is 0 Å². The first kappa shape index (κ1) is 12.5. The van der Waals surface area contributed by atoms with Crippen LogP contribution in [0.15, 0.2) is 18.2 Å². The smallest absolute Gasteiger partial charge is 0.0758 e. The summed E-state index contributed by atoms with van der Waals surface area (Å²) in [6.07, 6.45) is 0. The van der Waals surface area contributed by atoms with E-state index in [-0.39, 0.29) is 6.04 Å². The second-order valence-electron chi connectivity index (χ2n) is 4.12. The van der Waals surface area contributed by atoms with Crippen LogP contribution >= 0.6 is 11.6 Å². The van der Waals surface area contributed by atoms with Crippen molar-refractivity contribution >= 4 is 23.0 Å². The zero-order valence-electron chi connectivity index (χ0n) is 9.86. The number of anilines is 2. The molecule has 4 nitrogen and oxygen atoms in total. The van der Waals surface area contributed by atoms with Crippen LogP contribution in [-0.2, 0) is 9.47 Å². The molecule has 0 spiro atoms. The Morgan fingerprint density at radius 3 is 3.06 bits per heavy atom. The van der Waals surface area contributed by atoms with Gasteiger partial charge in [-0.3, -0.25) is 0 Å². The van der Waals surface area contributed by atoms with E-state index >= 15 is 0 Å². The Balaban J connectivity index is 2.22. The van der Waals surface area contributed by atoms with E-state index < -0.39 is 0 Å². The maximum atomic E-state index is 6.02. The van der Waals surface area contributed by atoms with E-state index in [2.05, 4.69) is 4.90 Å². The predicted molar refractivity (Wildman–Crippen MR) is 69.7 cm³/mol. The molecule has 1 fully saturated rings. The summed E-state index contributed by atoms with van der Waals surface area (Å²) in [6, 6.07) is 5.81.